The monoisotopic (exact) mass is 242 g/mol. The van der Waals surface area contributed by atoms with Crippen molar-refractivity contribution in [2.45, 2.75) is 13.3 Å². The highest BCUT2D eigenvalue weighted by molar-refractivity contribution is 6.28. The molecule has 0 aromatic carbocycles. The highest BCUT2D eigenvalue weighted by Gasteiger charge is 2.05. The summed E-state index contributed by atoms with van der Waals surface area (Å²) in [5.74, 6) is 0.885. The summed E-state index contributed by atoms with van der Waals surface area (Å²) in [4.78, 5) is 12.5. The Balaban J connectivity index is 2.55. The molecule has 0 spiro atoms. The fourth-order valence-corrected chi connectivity index (χ4v) is 1.67. The molecule has 1 heterocycles. The number of halogens is 1. The average molecular weight is 243 g/mol. The summed E-state index contributed by atoms with van der Waals surface area (Å²) in [7, 11) is 6.17. The maximum Gasteiger partial charge on any atom is 0.224 e. The lowest BCUT2D eigenvalue weighted by Crippen LogP contribution is -2.24. The molecule has 0 bridgehead atoms. The van der Waals surface area contributed by atoms with E-state index in [9.17, 15) is 0 Å². The number of hydrogen-bond acceptors (Lipinski definition) is 4. The first-order valence-corrected chi connectivity index (χ1v) is 5.74. The normalized spacial score (nSPS) is 10.9. The molecule has 1 aromatic heterocycles. The maximum absolute atomic E-state index is 5.82. The Morgan fingerprint density at radius 2 is 1.88 bits per heavy atom. The zero-order valence-corrected chi connectivity index (χ0v) is 11.1. The van der Waals surface area contributed by atoms with Crippen LogP contribution >= 0.6 is 11.6 Å². The molecule has 0 saturated heterocycles. The quantitative estimate of drug-likeness (QED) is 0.738. The Labute approximate surface area is 102 Å². The van der Waals surface area contributed by atoms with Gasteiger partial charge in [0, 0.05) is 25.4 Å². The van der Waals surface area contributed by atoms with Crippen LogP contribution in [0.3, 0.4) is 0 Å². The number of aromatic nitrogens is 2. The van der Waals surface area contributed by atoms with Gasteiger partial charge in [-0.2, -0.15) is 0 Å². The lowest BCUT2D eigenvalue weighted by molar-refractivity contribution is 0.401. The Kier molecular flexibility index (Phi) is 4.96. The molecule has 1 aromatic rings. The first-order chi connectivity index (χ1) is 7.49. The van der Waals surface area contributed by atoms with Gasteiger partial charge >= 0.3 is 0 Å². The summed E-state index contributed by atoms with van der Waals surface area (Å²) in [6.45, 7) is 3.96. The van der Waals surface area contributed by atoms with Crippen molar-refractivity contribution < 1.29 is 0 Å². The van der Waals surface area contributed by atoms with Crippen molar-refractivity contribution >= 4 is 17.4 Å². The van der Waals surface area contributed by atoms with Crippen LogP contribution in [0, 0.1) is 6.92 Å². The highest BCUT2D eigenvalue weighted by Crippen LogP contribution is 2.13. The van der Waals surface area contributed by atoms with Gasteiger partial charge in [0.2, 0.25) is 5.28 Å². The van der Waals surface area contributed by atoms with E-state index in [1.54, 1.807) is 0 Å². The summed E-state index contributed by atoms with van der Waals surface area (Å²) in [6, 6.07) is 1.95. The van der Waals surface area contributed by atoms with Crippen LogP contribution in [0.25, 0.3) is 0 Å². The van der Waals surface area contributed by atoms with Crippen molar-refractivity contribution in [3.8, 4) is 0 Å². The molecular weight excluding hydrogens is 224 g/mol. The largest absolute Gasteiger partial charge is 0.359 e. The van der Waals surface area contributed by atoms with E-state index < -0.39 is 0 Å². The highest BCUT2D eigenvalue weighted by atomic mass is 35.5. The number of rotatable bonds is 5. The molecule has 0 saturated carbocycles. The Hall–Kier alpha value is -0.870. The number of nitrogens with zero attached hydrogens (tertiary/aromatic N) is 4. The Bertz CT molecular complexity index is 321. The summed E-state index contributed by atoms with van der Waals surface area (Å²) in [5.41, 5.74) is 0.898. The van der Waals surface area contributed by atoms with Crippen LogP contribution in [0.15, 0.2) is 6.07 Å². The molecule has 0 atom stereocenters. The SMILES string of the molecule is Cc1cc(N(C)CCCN(C)C)nc(Cl)n1. The average Bonchev–Trinajstić information content (AvgIpc) is 2.15. The van der Waals surface area contributed by atoms with Gasteiger partial charge in [-0.25, -0.2) is 9.97 Å². The smallest absolute Gasteiger partial charge is 0.224 e. The van der Waals surface area contributed by atoms with Crippen molar-refractivity contribution in [2.24, 2.45) is 0 Å². The van der Waals surface area contributed by atoms with Gasteiger partial charge in [-0.3, -0.25) is 0 Å². The van der Waals surface area contributed by atoms with Crippen molar-refractivity contribution in [3.05, 3.63) is 17.0 Å². The van der Waals surface area contributed by atoms with E-state index in [0.717, 1.165) is 31.0 Å². The lowest BCUT2D eigenvalue weighted by Gasteiger charge is -2.19. The molecule has 0 N–H and O–H groups in total. The molecule has 0 radical (unpaired) electrons. The first kappa shape index (κ1) is 13.2. The van der Waals surface area contributed by atoms with Gasteiger partial charge in [-0.1, -0.05) is 0 Å². The van der Waals surface area contributed by atoms with E-state index in [1.165, 1.54) is 0 Å². The molecular formula is C11H19ClN4. The van der Waals surface area contributed by atoms with Crippen LogP contribution in [-0.2, 0) is 0 Å². The van der Waals surface area contributed by atoms with Crippen molar-refractivity contribution in [3.63, 3.8) is 0 Å². The molecule has 90 valence electrons. The molecule has 0 fully saturated rings. The number of anilines is 1. The number of hydrogen-bond donors (Lipinski definition) is 0. The predicted octanol–water partition coefficient (Wildman–Crippen LogP) is 1.83. The van der Waals surface area contributed by atoms with Crippen LogP contribution in [-0.4, -0.2) is 49.1 Å². The molecule has 16 heavy (non-hydrogen) atoms. The first-order valence-electron chi connectivity index (χ1n) is 5.36. The van der Waals surface area contributed by atoms with Crippen molar-refractivity contribution in [1.29, 1.82) is 0 Å². The minimum absolute atomic E-state index is 0.314. The Morgan fingerprint density at radius 3 is 2.44 bits per heavy atom. The fraction of sp³-hybridized carbons (Fsp3) is 0.636. The van der Waals surface area contributed by atoms with E-state index in [1.807, 2.05) is 20.0 Å². The summed E-state index contributed by atoms with van der Waals surface area (Å²) >= 11 is 5.82. The molecule has 0 unspecified atom stereocenters. The number of aryl methyl sites for hydroxylation is 1. The van der Waals surface area contributed by atoms with Crippen molar-refractivity contribution in [2.75, 3.05) is 39.1 Å². The standard InChI is InChI=1S/C11H19ClN4/c1-9-8-10(14-11(12)13-9)16(4)7-5-6-15(2)3/h8H,5-7H2,1-4H3. The second-order valence-corrected chi connectivity index (χ2v) is 4.55. The molecule has 5 heteroatoms. The topological polar surface area (TPSA) is 32.3 Å². The van der Waals surface area contributed by atoms with Gasteiger partial charge in [0.05, 0.1) is 0 Å². The van der Waals surface area contributed by atoms with Crippen LogP contribution in [0.5, 0.6) is 0 Å². The van der Waals surface area contributed by atoms with Gasteiger partial charge in [0.1, 0.15) is 5.82 Å². The third kappa shape index (κ3) is 4.33. The molecule has 0 aliphatic heterocycles. The second kappa shape index (κ2) is 6.01. The summed E-state index contributed by atoms with van der Waals surface area (Å²) in [6.07, 6.45) is 1.10. The van der Waals surface area contributed by atoms with Crippen molar-refractivity contribution in [1.82, 2.24) is 14.9 Å². The summed E-state index contributed by atoms with van der Waals surface area (Å²) in [5, 5.41) is 0.314. The van der Waals surface area contributed by atoms with E-state index >= 15 is 0 Å². The second-order valence-electron chi connectivity index (χ2n) is 4.21. The third-order valence-corrected chi connectivity index (χ3v) is 2.47. The molecule has 4 nitrogen and oxygen atoms in total. The molecule has 1 rings (SSSR count). The van der Waals surface area contributed by atoms with E-state index in [0.29, 0.717) is 5.28 Å². The molecule has 0 aliphatic carbocycles. The predicted molar refractivity (Wildman–Crippen MR) is 68.2 cm³/mol. The van der Waals surface area contributed by atoms with E-state index in [2.05, 4.69) is 33.9 Å². The van der Waals surface area contributed by atoms with Gasteiger partial charge in [-0.15, -0.1) is 0 Å². The zero-order valence-electron chi connectivity index (χ0n) is 10.4. The van der Waals surface area contributed by atoms with E-state index in [4.69, 9.17) is 11.6 Å². The lowest BCUT2D eigenvalue weighted by atomic mass is 10.3. The van der Waals surface area contributed by atoms with Gasteiger partial charge in [0.15, 0.2) is 0 Å². The van der Waals surface area contributed by atoms with Crippen LogP contribution in [0.4, 0.5) is 5.82 Å². The third-order valence-electron chi connectivity index (χ3n) is 2.30. The van der Waals surface area contributed by atoms with Gasteiger partial charge in [0.25, 0.3) is 0 Å². The van der Waals surface area contributed by atoms with Crippen LogP contribution in [0.1, 0.15) is 12.1 Å². The minimum atomic E-state index is 0.314. The zero-order chi connectivity index (χ0) is 12.1. The maximum atomic E-state index is 5.82. The van der Waals surface area contributed by atoms with E-state index in [-0.39, 0.29) is 0 Å². The van der Waals surface area contributed by atoms with Crippen LogP contribution in [0.2, 0.25) is 5.28 Å². The fourth-order valence-electron chi connectivity index (χ4n) is 1.45. The Morgan fingerprint density at radius 1 is 1.19 bits per heavy atom. The minimum Gasteiger partial charge on any atom is -0.359 e. The summed E-state index contributed by atoms with van der Waals surface area (Å²) < 4.78 is 0. The molecule has 0 aliphatic rings. The van der Waals surface area contributed by atoms with Gasteiger partial charge in [-0.05, 0) is 45.6 Å². The van der Waals surface area contributed by atoms with Gasteiger partial charge < -0.3 is 9.80 Å². The van der Waals surface area contributed by atoms with Crippen LogP contribution < -0.4 is 4.90 Å². The molecule has 0 amide bonds.